The van der Waals surface area contributed by atoms with Crippen molar-refractivity contribution in [3.8, 4) is 77.9 Å². The van der Waals surface area contributed by atoms with Gasteiger partial charge in [-0.1, -0.05) is 105 Å². The minimum Gasteiger partial charge on any atom is -0.0683 e. The van der Waals surface area contributed by atoms with Crippen LogP contribution in [0.1, 0.15) is 91.7 Å². The van der Waals surface area contributed by atoms with Crippen LogP contribution in [0.5, 0.6) is 0 Å². The highest BCUT2D eigenvalue weighted by Crippen LogP contribution is 2.45. The van der Waals surface area contributed by atoms with Gasteiger partial charge in [0.25, 0.3) is 0 Å². The first-order valence-electron chi connectivity index (χ1n) is 23.3. The normalized spacial score (nSPS) is 11.1. The number of benzene rings is 8. The highest BCUT2D eigenvalue weighted by molar-refractivity contribution is 5.94. The maximum absolute atomic E-state index is 2.46. The van der Waals surface area contributed by atoms with Crippen molar-refractivity contribution in [3.05, 3.63) is 199 Å². The van der Waals surface area contributed by atoms with Crippen LogP contribution >= 0.6 is 0 Å². The minimum atomic E-state index is 1.21. The Labute approximate surface area is 386 Å². The van der Waals surface area contributed by atoms with E-state index in [1.165, 1.54) is 156 Å². The summed E-state index contributed by atoms with van der Waals surface area (Å²) < 4.78 is 0. The lowest BCUT2D eigenvalue weighted by Gasteiger charge is -2.21. The molecule has 0 spiro atoms. The van der Waals surface area contributed by atoms with Crippen molar-refractivity contribution in [2.24, 2.45) is 0 Å². The molecule has 0 aromatic heterocycles. The third-order valence-electron chi connectivity index (χ3n) is 14.3. The van der Waals surface area contributed by atoms with E-state index in [0.29, 0.717) is 0 Å². The number of rotatable bonds is 7. The summed E-state index contributed by atoms with van der Waals surface area (Å²) in [5.74, 6) is 0. The quantitative estimate of drug-likeness (QED) is 0.150. The third kappa shape index (κ3) is 8.81. The Morgan fingerprint density at radius 2 is 0.438 bits per heavy atom. The average Bonchev–Trinajstić information content (AvgIpc) is 3.28. The molecule has 0 bridgehead atoms. The molecule has 0 atom stereocenters. The molecule has 0 nitrogen and oxygen atoms in total. The van der Waals surface area contributed by atoms with Crippen LogP contribution in [-0.2, 0) is 0 Å². The van der Waals surface area contributed by atoms with Crippen molar-refractivity contribution in [1.82, 2.24) is 0 Å². The fraction of sp³-hybridized carbons (Fsp3) is 0.250. The summed E-state index contributed by atoms with van der Waals surface area (Å²) >= 11 is 0. The second-order valence-electron chi connectivity index (χ2n) is 18.5. The van der Waals surface area contributed by atoms with E-state index >= 15 is 0 Å². The summed E-state index contributed by atoms with van der Waals surface area (Å²) in [6.45, 7) is 35.5. The topological polar surface area (TPSA) is 0 Å². The standard InChI is InChI=1S/C62H62.C2H6/c1-35-20-55(21-36(2)45(35)11)59-33-50(28-43(9)61(59)57-24-39(5)47(13)40(6)25-57)53-30-52(49-18-16-15-17-19-49)31-54(32-53)51-29-44(10)62(58-26-41(7)48(14)42(8)27-58)60(34-51)56-22-37(3)46(12)38(4)23-56;1-2/h15-34H,1-14H3;1-2H3. The van der Waals surface area contributed by atoms with Crippen LogP contribution in [0.3, 0.4) is 0 Å². The van der Waals surface area contributed by atoms with Crippen LogP contribution in [0.15, 0.2) is 121 Å². The Hall–Kier alpha value is -6.24. The van der Waals surface area contributed by atoms with E-state index in [1.54, 1.807) is 0 Å². The Balaban J connectivity index is 0.00000302. The van der Waals surface area contributed by atoms with Crippen LogP contribution in [0, 0.1) is 96.9 Å². The van der Waals surface area contributed by atoms with E-state index in [0.717, 1.165) is 0 Å². The van der Waals surface area contributed by atoms with Crippen molar-refractivity contribution < 1.29 is 0 Å². The molecule has 0 radical (unpaired) electrons. The van der Waals surface area contributed by atoms with Gasteiger partial charge in [0.1, 0.15) is 0 Å². The lowest BCUT2D eigenvalue weighted by molar-refractivity contribution is 1.26. The summed E-state index contributed by atoms with van der Waals surface area (Å²) in [7, 11) is 0. The molecule has 0 N–H and O–H groups in total. The van der Waals surface area contributed by atoms with Gasteiger partial charge in [-0.05, 0) is 283 Å². The first-order chi connectivity index (χ1) is 30.5. The molecular formula is C64H68. The predicted octanol–water partition coefficient (Wildman–Crippen LogP) is 18.7. The van der Waals surface area contributed by atoms with Crippen LogP contribution in [-0.4, -0.2) is 0 Å². The molecule has 0 heteroatoms. The number of hydrogen-bond acceptors (Lipinski definition) is 0. The average molecular weight is 837 g/mol. The van der Waals surface area contributed by atoms with Crippen LogP contribution in [0.25, 0.3) is 77.9 Å². The van der Waals surface area contributed by atoms with Gasteiger partial charge >= 0.3 is 0 Å². The third-order valence-corrected chi connectivity index (χ3v) is 14.3. The molecule has 0 fully saturated rings. The predicted molar refractivity (Wildman–Crippen MR) is 282 cm³/mol. The van der Waals surface area contributed by atoms with Gasteiger partial charge < -0.3 is 0 Å². The van der Waals surface area contributed by atoms with E-state index in [-0.39, 0.29) is 0 Å². The van der Waals surface area contributed by atoms with Gasteiger partial charge in [0.15, 0.2) is 0 Å². The summed E-state index contributed by atoms with van der Waals surface area (Å²) in [5.41, 5.74) is 36.1. The lowest BCUT2D eigenvalue weighted by atomic mass is 9.83. The molecule has 0 aliphatic rings. The van der Waals surface area contributed by atoms with Crippen molar-refractivity contribution in [1.29, 1.82) is 0 Å². The van der Waals surface area contributed by atoms with Gasteiger partial charge in [-0.3, -0.25) is 0 Å². The molecule has 8 aromatic rings. The zero-order valence-electron chi connectivity index (χ0n) is 41.5. The summed E-state index contributed by atoms with van der Waals surface area (Å²) in [6, 6.07) is 47.0. The molecule has 0 aliphatic carbocycles. The molecule has 0 saturated carbocycles. The van der Waals surface area contributed by atoms with Crippen molar-refractivity contribution in [3.63, 3.8) is 0 Å². The van der Waals surface area contributed by atoms with Gasteiger partial charge in [0.05, 0.1) is 0 Å². The van der Waals surface area contributed by atoms with E-state index in [2.05, 4.69) is 218 Å². The SMILES string of the molecule is CC.Cc1cc(-c2cc(-c3cc(-c4ccccc4)cc(-c4cc(C)c(-c5cc(C)c(C)c(C)c5)c(-c5cc(C)c(C)c(C)c5)c4)c3)cc(C)c2-c2cc(C)c(C)c(C)c2)cc(C)c1C. The Morgan fingerprint density at radius 3 is 0.734 bits per heavy atom. The molecule has 0 heterocycles. The highest BCUT2D eigenvalue weighted by atomic mass is 14.2. The monoisotopic (exact) mass is 837 g/mol. The molecular weight excluding hydrogens is 769 g/mol. The molecule has 0 aliphatic heterocycles. The summed E-state index contributed by atoms with van der Waals surface area (Å²) in [5, 5.41) is 0. The smallest absolute Gasteiger partial charge is 0.00755 e. The van der Waals surface area contributed by atoms with Crippen LogP contribution in [0.4, 0.5) is 0 Å². The molecule has 0 saturated heterocycles. The fourth-order valence-corrected chi connectivity index (χ4v) is 9.63. The zero-order chi connectivity index (χ0) is 46.3. The van der Waals surface area contributed by atoms with Gasteiger partial charge in [0.2, 0.25) is 0 Å². The highest BCUT2D eigenvalue weighted by Gasteiger charge is 2.20. The summed E-state index contributed by atoms with van der Waals surface area (Å²) in [6.07, 6.45) is 0. The zero-order valence-corrected chi connectivity index (χ0v) is 41.5. The second-order valence-corrected chi connectivity index (χ2v) is 18.5. The lowest BCUT2D eigenvalue weighted by Crippen LogP contribution is -1.97. The molecule has 0 amide bonds. The largest absolute Gasteiger partial charge is 0.0683 e. The first kappa shape index (κ1) is 45.8. The maximum Gasteiger partial charge on any atom is -0.00755 e. The fourth-order valence-electron chi connectivity index (χ4n) is 9.63. The Bertz CT molecular complexity index is 2800. The Kier molecular flexibility index (Phi) is 13.2. The number of hydrogen-bond donors (Lipinski definition) is 0. The molecule has 64 heavy (non-hydrogen) atoms. The second kappa shape index (κ2) is 18.5. The molecule has 8 rings (SSSR count). The van der Waals surface area contributed by atoms with E-state index in [1.807, 2.05) is 13.8 Å². The summed E-state index contributed by atoms with van der Waals surface area (Å²) in [4.78, 5) is 0. The molecule has 8 aromatic carbocycles. The molecule has 0 unspecified atom stereocenters. The first-order valence-corrected chi connectivity index (χ1v) is 23.3. The van der Waals surface area contributed by atoms with Gasteiger partial charge in [-0.25, -0.2) is 0 Å². The van der Waals surface area contributed by atoms with Crippen molar-refractivity contribution in [2.45, 2.75) is 111 Å². The van der Waals surface area contributed by atoms with Gasteiger partial charge in [0, 0.05) is 0 Å². The van der Waals surface area contributed by atoms with Crippen molar-refractivity contribution >= 4 is 0 Å². The van der Waals surface area contributed by atoms with Crippen LogP contribution in [0.2, 0.25) is 0 Å². The minimum absolute atomic E-state index is 1.21. The van der Waals surface area contributed by atoms with Crippen LogP contribution < -0.4 is 0 Å². The van der Waals surface area contributed by atoms with E-state index < -0.39 is 0 Å². The van der Waals surface area contributed by atoms with E-state index in [9.17, 15) is 0 Å². The molecule has 324 valence electrons. The Morgan fingerprint density at radius 1 is 0.203 bits per heavy atom. The van der Waals surface area contributed by atoms with Gasteiger partial charge in [-0.2, -0.15) is 0 Å². The maximum atomic E-state index is 2.46. The van der Waals surface area contributed by atoms with Gasteiger partial charge in [-0.15, -0.1) is 0 Å². The number of aryl methyl sites for hydroxylation is 10. The van der Waals surface area contributed by atoms with Crippen molar-refractivity contribution in [2.75, 3.05) is 0 Å². The van der Waals surface area contributed by atoms with E-state index in [4.69, 9.17) is 0 Å².